The maximum absolute atomic E-state index is 12.0. The summed E-state index contributed by atoms with van der Waals surface area (Å²) in [5.41, 5.74) is 0. The van der Waals surface area contributed by atoms with Crippen LogP contribution in [0.3, 0.4) is 0 Å². The van der Waals surface area contributed by atoms with E-state index in [-0.39, 0.29) is 0 Å². The monoisotopic (exact) mass is 360 g/mol. The minimum absolute atomic E-state index is 0.425. The Kier molecular flexibility index (Phi) is 5.49. The van der Waals surface area contributed by atoms with Crippen molar-refractivity contribution in [1.29, 1.82) is 0 Å². The van der Waals surface area contributed by atoms with Gasteiger partial charge in [0.1, 0.15) is 18.3 Å². The molecule has 1 fully saturated rings. The zero-order valence-electron chi connectivity index (χ0n) is 12.6. The Morgan fingerprint density at radius 1 is 1.08 bits per heavy atom. The van der Waals surface area contributed by atoms with Crippen molar-refractivity contribution in [1.82, 2.24) is 10.2 Å². The van der Waals surface area contributed by atoms with Crippen LogP contribution in [0.15, 0.2) is 12.2 Å². The molecule has 6 atom stereocenters. The van der Waals surface area contributed by atoms with Crippen molar-refractivity contribution in [2.45, 2.75) is 36.7 Å². The van der Waals surface area contributed by atoms with Crippen LogP contribution in [0.5, 0.6) is 0 Å². The van der Waals surface area contributed by atoms with Gasteiger partial charge in [0.15, 0.2) is 18.4 Å². The van der Waals surface area contributed by atoms with Crippen LogP contribution in [0, 0.1) is 0 Å². The zero-order valence-corrected chi connectivity index (χ0v) is 12.6. The number of imide groups is 1. The normalized spacial score (nSPS) is 33.4. The lowest BCUT2D eigenvalue weighted by molar-refractivity contribution is -0.275. The van der Waals surface area contributed by atoms with Crippen molar-refractivity contribution >= 4 is 23.7 Å². The van der Waals surface area contributed by atoms with E-state index in [0.29, 0.717) is 4.90 Å². The third kappa shape index (κ3) is 3.67. The highest BCUT2D eigenvalue weighted by Gasteiger charge is 2.46. The first-order valence-electron chi connectivity index (χ1n) is 7.08. The number of carboxylic acids is 1. The maximum atomic E-state index is 12.0. The fourth-order valence-electron chi connectivity index (χ4n) is 2.38. The van der Waals surface area contributed by atoms with Gasteiger partial charge in [-0.3, -0.25) is 19.3 Å². The largest absolute Gasteiger partial charge is 0.480 e. The van der Waals surface area contributed by atoms with Gasteiger partial charge >= 0.3 is 5.97 Å². The summed E-state index contributed by atoms with van der Waals surface area (Å²) >= 11 is 0. The van der Waals surface area contributed by atoms with E-state index >= 15 is 0 Å². The fourth-order valence-corrected chi connectivity index (χ4v) is 2.38. The molecule has 12 nitrogen and oxygen atoms in total. The van der Waals surface area contributed by atoms with Gasteiger partial charge in [0.2, 0.25) is 0 Å². The van der Waals surface area contributed by atoms with Crippen LogP contribution in [-0.2, 0) is 23.9 Å². The molecule has 0 aromatic carbocycles. The predicted octanol–water partition coefficient (Wildman–Crippen LogP) is -4.72. The zero-order chi connectivity index (χ0) is 18.9. The molecule has 25 heavy (non-hydrogen) atoms. The van der Waals surface area contributed by atoms with Gasteiger partial charge in [-0.15, -0.1) is 0 Å². The molecule has 2 aliphatic rings. The van der Waals surface area contributed by atoms with E-state index < -0.39 is 67.0 Å². The number of aliphatic hydroxyl groups excluding tert-OH is 4. The van der Waals surface area contributed by atoms with E-state index in [4.69, 9.17) is 5.11 Å². The van der Waals surface area contributed by atoms with Crippen LogP contribution in [0.25, 0.3) is 0 Å². The molecular formula is C13H16N2O10. The summed E-state index contributed by atoms with van der Waals surface area (Å²) < 4.78 is 4.68. The first kappa shape index (κ1) is 19.0. The van der Waals surface area contributed by atoms with Gasteiger partial charge in [-0.1, -0.05) is 0 Å². The molecule has 0 aliphatic carbocycles. The van der Waals surface area contributed by atoms with Crippen molar-refractivity contribution in [3.8, 4) is 0 Å². The maximum Gasteiger partial charge on any atom is 0.328 e. The molecular weight excluding hydrogens is 344 g/mol. The second-order valence-electron chi connectivity index (χ2n) is 5.40. The molecule has 0 spiro atoms. The smallest absolute Gasteiger partial charge is 0.328 e. The molecule has 0 bridgehead atoms. The van der Waals surface area contributed by atoms with Crippen LogP contribution < -0.4 is 5.32 Å². The summed E-state index contributed by atoms with van der Waals surface area (Å²) in [7, 11) is 0. The minimum atomic E-state index is -1.95. The van der Waals surface area contributed by atoms with Crippen molar-refractivity contribution in [3.05, 3.63) is 12.2 Å². The molecule has 6 N–H and O–H groups in total. The standard InChI is InChI=1S/C13H16N2O10/c16-5-1-2-6(17)15(5)4(12(22)23)3-14-11(21)10-8(19)7(18)9(20)13(24)25-10/h1-2,4,7-10,13,18-20,24H,3H2,(H,14,21)(H,22,23)/t4-,7-,8-,9+,10-,13?/m0/s1. The lowest BCUT2D eigenvalue weighted by atomic mass is 9.98. The molecule has 0 aromatic heterocycles. The first-order chi connectivity index (χ1) is 11.6. The predicted molar refractivity (Wildman–Crippen MR) is 74.3 cm³/mol. The molecule has 2 heterocycles. The quantitative estimate of drug-likeness (QED) is 0.259. The average molecular weight is 360 g/mol. The Morgan fingerprint density at radius 2 is 1.64 bits per heavy atom. The molecule has 138 valence electrons. The number of carbonyl (C=O) groups excluding carboxylic acids is 3. The summed E-state index contributed by atoms with van der Waals surface area (Å²) in [6, 6.07) is -1.71. The van der Waals surface area contributed by atoms with Crippen molar-refractivity contribution in [2.75, 3.05) is 6.54 Å². The SMILES string of the molecule is O=C(NC[C@@H](C(=O)O)N1C(=O)C=CC1=O)[C@H]1OC(O)[C@H](O)[C@@H](O)[C@@H]1O. The molecule has 2 aliphatic heterocycles. The van der Waals surface area contributed by atoms with Crippen molar-refractivity contribution in [2.24, 2.45) is 0 Å². The van der Waals surface area contributed by atoms with E-state index in [1.54, 1.807) is 0 Å². The number of carbonyl (C=O) groups is 4. The Labute approximate surface area is 139 Å². The van der Waals surface area contributed by atoms with E-state index in [0.717, 1.165) is 12.2 Å². The Bertz CT molecular complexity index is 602. The molecule has 12 heteroatoms. The van der Waals surface area contributed by atoms with Crippen molar-refractivity contribution < 1.29 is 49.4 Å². The summed E-state index contributed by atoms with van der Waals surface area (Å²) in [5.74, 6) is -4.41. The van der Waals surface area contributed by atoms with Gasteiger partial charge in [0.05, 0.1) is 0 Å². The van der Waals surface area contributed by atoms with Crippen LogP contribution in [0.2, 0.25) is 0 Å². The number of carboxylic acid groups (broad SMARTS) is 1. The topological polar surface area (TPSA) is 194 Å². The second-order valence-corrected chi connectivity index (χ2v) is 5.40. The fraction of sp³-hybridized carbons (Fsp3) is 0.538. The highest BCUT2D eigenvalue weighted by atomic mass is 16.6. The Hall–Kier alpha value is -2.38. The van der Waals surface area contributed by atoms with E-state index in [1.165, 1.54) is 0 Å². The number of nitrogens with one attached hydrogen (secondary N) is 1. The summed E-state index contributed by atoms with van der Waals surface area (Å²) in [6.07, 6.45) is -7.60. The Balaban J connectivity index is 2.03. The van der Waals surface area contributed by atoms with Crippen molar-refractivity contribution in [3.63, 3.8) is 0 Å². The molecule has 2 rings (SSSR count). The summed E-state index contributed by atoms with van der Waals surface area (Å²) in [5, 5.41) is 49.1. The van der Waals surface area contributed by atoms with Crippen LogP contribution in [0.4, 0.5) is 0 Å². The lowest BCUT2D eigenvalue weighted by Crippen LogP contribution is -2.62. The number of amides is 3. The number of hydrogen-bond donors (Lipinski definition) is 6. The van der Waals surface area contributed by atoms with Gasteiger partial charge in [0, 0.05) is 18.7 Å². The first-order valence-corrected chi connectivity index (χ1v) is 7.08. The molecule has 0 saturated carbocycles. The van der Waals surface area contributed by atoms with Crippen LogP contribution in [-0.4, -0.2) is 97.4 Å². The number of aliphatic carboxylic acids is 1. The Morgan fingerprint density at radius 3 is 2.16 bits per heavy atom. The lowest BCUT2D eigenvalue weighted by Gasteiger charge is -2.37. The van der Waals surface area contributed by atoms with Gasteiger partial charge in [0.25, 0.3) is 17.7 Å². The molecule has 0 aromatic rings. The number of rotatable bonds is 5. The molecule has 1 unspecified atom stereocenters. The number of ether oxygens (including phenoxy) is 1. The van der Waals surface area contributed by atoms with E-state index in [9.17, 15) is 39.6 Å². The van der Waals surface area contributed by atoms with Gasteiger partial charge in [-0.2, -0.15) is 0 Å². The van der Waals surface area contributed by atoms with Crippen LogP contribution in [0.1, 0.15) is 0 Å². The van der Waals surface area contributed by atoms with Gasteiger partial charge in [-0.25, -0.2) is 4.79 Å². The minimum Gasteiger partial charge on any atom is -0.480 e. The highest BCUT2D eigenvalue weighted by molar-refractivity contribution is 6.14. The van der Waals surface area contributed by atoms with Gasteiger partial charge in [-0.05, 0) is 0 Å². The number of hydrogen-bond acceptors (Lipinski definition) is 9. The summed E-state index contributed by atoms with van der Waals surface area (Å²) in [6.45, 7) is -0.700. The molecule has 0 radical (unpaired) electrons. The summed E-state index contributed by atoms with van der Waals surface area (Å²) in [4.78, 5) is 46.8. The van der Waals surface area contributed by atoms with E-state index in [1.807, 2.05) is 0 Å². The molecule has 1 saturated heterocycles. The second kappa shape index (κ2) is 7.25. The van der Waals surface area contributed by atoms with Crippen LogP contribution >= 0.6 is 0 Å². The number of nitrogens with zero attached hydrogens (tertiary/aromatic N) is 1. The molecule has 3 amide bonds. The highest BCUT2D eigenvalue weighted by Crippen LogP contribution is 2.20. The van der Waals surface area contributed by atoms with E-state index in [2.05, 4.69) is 10.1 Å². The third-order valence-corrected chi connectivity index (χ3v) is 3.76. The number of aliphatic hydroxyl groups is 4. The average Bonchev–Trinajstić information content (AvgIpc) is 2.88. The third-order valence-electron chi connectivity index (χ3n) is 3.76. The van der Waals surface area contributed by atoms with Gasteiger partial charge < -0.3 is 35.6 Å².